The number of nitrogens with zero attached hydrogens (tertiary/aromatic N) is 3. The molecule has 0 aliphatic carbocycles. The minimum atomic E-state index is -0.0788. The molecule has 0 unspecified atom stereocenters. The molecule has 0 bridgehead atoms. The zero-order valence-electron chi connectivity index (χ0n) is 8.15. The molecule has 0 amide bonds. The molecule has 0 saturated heterocycles. The smallest absolute Gasteiger partial charge is 0.0599 e. The third-order valence-electron chi connectivity index (χ3n) is 2.11. The van der Waals surface area contributed by atoms with Gasteiger partial charge in [-0.1, -0.05) is 35.8 Å². The minimum Gasteiger partial charge on any atom is -0.0862 e. The van der Waals surface area contributed by atoms with Crippen molar-refractivity contribution in [2.24, 2.45) is 5.11 Å². The minimum absolute atomic E-state index is 0.0788. The van der Waals surface area contributed by atoms with Crippen molar-refractivity contribution in [3.05, 3.63) is 45.3 Å². The largest absolute Gasteiger partial charge is 0.0862 e. The first kappa shape index (κ1) is 9.62. The molecule has 0 aromatic heterocycles. The van der Waals surface area contributed by atoms with Crippen LogP contribution in [0.2, 0.25) is 0 Å². The molecule has 1 rings (SSSR count). The lowest BCUT2D eigenvalue weighted by Gasteiger charge is -2.09. The van der Waals surface area contributed by atoms with Crippen LogP contribution in [0, 0.1) is 13.8 Å². The summed E-state index contributed by atoms with van der Waals surface area (Å²) in [6.45, 7) is 5.96. The summed E-state index contributed by atoms with van der Waals surface area (Å²) in [6, 6.07) is 6.09. The maximum Gasteiger partial charge on any atom is 0.0599 e. The van der Waals surface area contributed by atoms with Crippen LogP contribution in [-0.4, -0.2) is 0 Å². The quantitative estimate of drug-likeness (QED) is 0.374. The summed E-state index contributed by atoms with van der Waals surface area (Å²) in [7, 11) is 0. The summed E-state index contributed by atoms with van der Waals surface area (Å²) in [5.74, 6) is 0. The highest BCUT2D eigenvalue weighted by Gasteiger charge is 2.05. The molecule has 1 atom stereocenters. The van der Waals surface area contributed by atoms with Crippen LogP contribution in [0.3, 0.4) is 0 Å². The first-order valence-corrected chi connectivity index (χ1v) is 4.26. The van der Waals surface area contributed by atoms with Gasteiger partial charge >= 0.3 is 0 Å². The standard InChI is InChI=1S/C10H13N3/c1-7-4-5-8(2)10(6-7)9(3)12-13-11/h4-6,9H,1-3H3/t9-/m1/s1. The maximum atomic E-state index is 8.32. The average Bonchev–Trinajstić information content (AvgIpc) is 2.09. The van der Waals surface area contributed by atoms with E-state index in [2.05, 4.69) is 22.2 Å². The second-order valence-corrected chi connectivity index (χ2v) is 3.24. The number of benzene rings is 1. The summed E-state index contributed by atoms with van der Waals surface area (Å²) < 4.78 is 0. The number of hydrogen-bond acceptors (Lipinski definition) is 1. The lowest BCUT2D eigenvalue weighted by molar-refractivity contribution is 0.798. The Labute approximate surface area is 78.0 Å². The molecule has 0 spiro atoms. The molecule has 3 heteroatoms. The molecule has 0 radical (unpaired) electrons. The number of aryl methyl sites for hydroxylation is 2. The van der Waals surface area contributed by atoms with Crippen LogP contribution in [0.4, 0.5) is 0 Å². The molecule has 3 nitrogen and oxygen atoms in total. The van der Waals surface area contributed by atoms with E-state index < -0.39 is 0 Å². The van der Waals surface area contributed by atoms with E-state index in [0.717, 1.165) is 5.56 Å². The van der Waals surface area contributed by atoms with Crippen LogP contribution in [0.25, 0.3) is 10.4 Å². The van der Waals surface area contributed by atoms with Gasteiger partial charge in [-0.25, -0.2) is 0 Å². The Balaban J connectivity index is 3.12. The zero-order chi connectivity index (χ0) is 9.84. The van der Waals surface area contributed by atoms with Gasteiger partial charge in [0.15, 0.2) is 0 Å². The Morgan fingerprint density at radius 2 is 2.08 bits per heavy atom. The number of azide groups is 1. The van der Waals surface area contributed by atoms with Gasteiger partial charge in [0.05, 0.1) is 6.04 Å². The van der Waals surface area contributed by atoms with Crippen LogP contribution in [0.1, 0.15) is 29.7 Å². The van der Waals surface area contributed by atoms with Crippen molar-refractivity contribution in [3.8, 4) is 0 Å². The summed E-state index contributed by atoms with van der Waals surface area (Å²) in [6.07, 6.45) is 0. The molecule has 0 fully saturated rings. The molecule has 68 valence electrons. The van der Waals surface area contributed by atoms with Crippen molar-refractivity contribution < 1.29 is 0 Å². The van der Waals surface area contributed by atoms with Gasteiger partial charge in [0, 0.05) is 4.91 Å². The van der Waals surface area contributed by atoms with Gasteiger partial charge in [-0.15, -0.1) is 0 Å². The Morgan fingerprint density at radius 3 is 2.69 bits per heavy atom. The van der Waals surface area contributed by atoms with E-state index in [1.807, 2.05) is 26.8 Å². The lowest BCUT2D eigenvalue weighted by Crippen LogP contribution is -1.93. The first-order valence-electron chi connectivity index (χ1n) is 4.26. The van der Waals surface area contributed by atoms with Crippen LogP contribution < -0.4 is 0 Å². The van der Waals surface area contributed by atoms with E-state index in [9.17, 15) is 0 Å². The number of rotatable bonds is 2. The van der Waals surface area contributed by atoms with Crippen molar-refractivity contribution in [1.82, 2.24) is 0 Å². The van der Waals surface area contributed by atoms with E-state index in [4.69, 9.17) is 5.53 Å². The molecule has 0 heterocycles. The van der Waals surface area contributed by atoms with Gasteiger partial charge in [-0.3, -0.25) is 0 Å². The van der Waals surface area contributed by atoms with E-state index >= 15 is 0 Å². The molecular weight excluding hydrogens is 162 g/mol. The summed E-state index contributed by atoms with van der Waals surface area (Å²) in [5.41, 5.74) is 11.8. The Kier molecular flexibility index (Phi) is 2.93. The van der Waals surface area contributed by atoms with Gasteiger partial charge in [-0.05, 0) is 30.5 Å². The second-order valence-electron chi connectivity index (χ2n) is 3.24. The van der Waals surface area contributed by atoms with Crippen molar-refractivity contribution in [2.75, 3.05) is 0 Å². The topological polar surface area (TPSA) is 48.8 Å². The summed E-state index contributed by atoms with van der Waals surface area (Å²) in [5, 5.41) is 3.68. The van der Waals surface area contributed by atoms with Crippen molar-refractivity contribution >= 4 is 0 Å². The highest BCUT2D eigenvalue weighted by molar-refractivity contribution is 5.32. The number of hydrogen-bond donors (Lipinski definition) is 0. The fraction of sp³-hybridized carbons (Fsp3) is 0.400. The predicted octanol–water partition coefficient (Wildman–Crippen LogP) is 3.67. The van der Waals surface area contributed by atoms with Crippen LogP contribution >= 0.6 is 0 Å². The third kappa shape index (κ3) is 2.23. The molecule has 0 aliphatic rings. The fourth-order valence-electron chi connectivity index (χ4n) is 1.35. The van der Waals surface area contributed by atoms with Crippen LogP contribution in [0.5, 0.6) is 0 Å². The summed E-state index contributed by atoms with van der Waals surface area (Å²) >= 11 is 0. The van der Waals surface area contributed by atoms with Gasteiger partial charge in [0.1, 0.15) is 0 Å². The van der Waals surface area contributed by atoms with Crippen molar-refractivity contribution in [2.45, 2.75) is 26.8 Å². The molecule has 0 aliphatic heterocycles. The Morgan fingerprint density at radius 1 is 1.38 bits per heavy atom. The molecule has 0 N–H and O–H groups in total. The van der Waals surface area contributed by atoms with Crippen LogP contribution in [-0.2, 0) is 0 Å². The molecule has 1 aromatic carbocycles. The molecule has 0 saturated carbocycles. The SMILES string of the molecule is Cc1ccc(C)c([C@@H](C)N=[N+]=[N-])c1. The highest BCUT2D eigenvalue weighted by atomic mass is 15.1. The Hall–Kier alpha value is -1.47. The Bertz CT molecular complexity index is 351. The van der Waals surface area contributed by atoms with Gasteiger partial charge in [0.25, 0.3) is 0 Å². The maximum absolute atomic E-state index is 8.32. The van der Waals surface area contributed by atoms with Gasteiger partial charge in [0.2, 0.25) is 0 Å². The lowest BCUT2D eigenvalue weighted by atomic mass is 10.0. The average molecular weight is 175 g/mol. The van der Waals surface area contributed by atoms with E-state index in [1.54, 1.807) is 0 Å². The van der Waals surface area contributed by atoms with Gasteiger partial charge < -0.3 is 0 Å². The third-order valence-corrected chi connectivity index (χ3v) is 2.11. The van der Waals surface area contributed by atoms with Crippen molar-refractivity contribution in [1.29, 1.82) is 0 Å². The first-order chi connectivity index (χ1) is 6.15. The predicted molar refractivity (Wildman–Crippen MR) is 53.5 cm³/mol. The van der Waals surface area contributed by atoms with Crippen LogP contribution in [0.15, 0.2) is 23.3 Å². The van der Waals surface area contributed by atoms with E-state index in [0.29, 0.717) is 0 Å². The monoisotopic (exact) mass is 175 g/mol. The van der Waals surface area contributed by atoms with Crippen molar-refractivity contribution in [3.63, 3.8) is 0 Å². The highest BCUT2D eigenvalue weighted by Crippen LogP contribution is 2.21. The van der Waals surface area contributed by atoms with E-state index in [-0.39, 0.29) is 6.04 Å². The zero-order valence-corrected chi connectivity index (χ0v) is 8.15. The fourth-order valence-corrected chi connectivity index (χ4v) is 1.35. The second kappa shape index (κ2) is 3.97. The molecular formula is C10H13N3. The summed E-state index contributed by atoms with van der Waals surface area (Å²) in [4.78, 5) is 2.81. The molecule has 1 aromatic rings. The van der Waals surface area contributed by atoms with Gasteiger partial charge in [-0.2, -0.15) is 0 Å². The van der Waals surface area contributed by atoms with E-state index in [1.165, 1.54) is 11.1 Å². The molecule has 13 heavy (non-hydrogen) atoms. The normalized spacial score (nSPS) is 11.9.